The van der Waals surface area contributed by atoms with E-state index in [1.165, 1.54) is 7.11 Å². The first-order chi connectivity index (χ1) is 9.23. The molecule has 114 valence electrons. The number of rotatable bonds is 4. The van der Waals surface area contributed by atoms with E-state index in [2.05, 4.69) is 6.58 Å². The van der Waals surface area contributed by atoms with E-state index in [1.54, 1.807) is 0 Å². The summed E-state index contributed by atoms with van der Waals surface area (Å²) >= 11 is 0. The van der Waals surface area contributed by atoms with Gasteiger partial charge in [-0.1, -0.05) is 18.6 Å². The second kappa shape index (κ2) is 6.91. The molecule has 0 bridgehead atoms. The summed E-state index contributed by atoms with van der Waals surface area (Å²) in [5, 5.41) is 0. The van der Waals surface area contributed by atoms with Gasteiger partial charge in [-0.2, -0.15) is 0 Å². The quantitative estimate of drug-likeness (QED) is 0.586. The molecule has 0 N–H and O–H groups in total. The lowest BCUT2D eigenvalue weighted by Crippen LogP contribution is -2.28. The molecule has 4 heteroatoms. The second-order valence-electron chi connectivity index (χ2n) is 6.47. The van der Waals surface area contributed by atoms with E-state index in [4.69, 9.17) is 9.47 Å². The second-order valence-corrected chi connectivity index (χ2v) is 6.47. The van der Waals surface area contributed by atoms with Gasteiger partial charge in [0.05, 0.1) is 20.0 Å². The molecule has 0 aromatic rings. The fourth-order valence-electron chi connectivity index (χ4n) is 2.65. The fourth-order valence-corrected chi connectivity index (χ4v) is 2.65. The summed E-state index contributed by atoms with van der Waals surface area (Å²) in [6.45, 7) is 9.68. The molecule has 0 saturated heterocycles. The Bertz CT molecular complexity index is 378. The third-order valence-electron chi connectivity index (χ3n) is 3.63. The average molecular weight is 282 g/mol. The molecule has 0 radical (unpaired) electrons. The SMILES string of the molecule is C=C1C(CC(=O)OC)CCCC1CC(=O)OC(C)(C)C. The molecule has 1 fully saturated rings. The molecule has 0 spiro atoms. The summed E-state index contributed by atoms with van der Waals surface area (Å²) in [4.78, 5) is 23.3. The van der Waals surface area contributed by atoms with Crippen molar-refractivity contribution in [1.29, 1.82) is 0 Å². The molecule has 1 rings (SSSR count). The molecule has 0 aliphatic heterocycles. The van der Waals surface area contributed by atoms with Gasteiger partial charge in [-0.15, -0.1) is 0 Å². The van der Waals surface area contributed by atoms with Crippen LogP contribution in [0.3, 0.4) is 0 Å². The topological polar surface area (TPSA) is 52.6 Å². The summed E-state index contributed by atoms with van der Waals surface area (Å²) in [6, 6.07) is 0. The number of ether oxygens (including phenoxy) is 2. The summed E-state index contributed by atoms with van der Waals surface area (Å²) < 4.78 is 10.1. The number of carbonyl (C=O) groups excluding carboxylic acids is 2. The van der Waals surface area contributed by atoms with Crippen LogP contribution in [-0.4, -0.2) is 24.6 Å². The molecule has 2 unspecified atom stereocenters. The minimum absolute atomic E-state index is 0.119. The summed E-state index contributed by atoms with van der Waals surface area (Å²) in [7, 11) is 1.39. The third-order valence-corrected chi connectivity index (χ3v) is 3.63. The Morgan fingerprint density at radius 2 is 1.65 bits per heavy atom. The van der Waals surface area contributed by atoms with E-state index in [0.717, 1.165) is 24.8 Å². The zero-order valence-electron chi connectivity index (χ0n) is 13.0. The highest BCUT2D eigenvalue weighted by Gasteiger charge is 2.30. The van der Waals surface area contributed by atoms with Crippen LogP contribution in [0.5, 0.6) is 0 Å². The van der Waals surface area contributed by atoms with Gasteiger partial charge in [-0.3, -0.25) is 9.59 Å². The van der Waals surface area contributed by atoms with E-state index >= 15 is 0 Å². The molecule has 1 aliphatic carbocycles. The van der Waals surface area contributed by atoms with E-state index in [-0.39, 0.29) is 23.8 Å². The van der Waals surface area contributed by atoms with Crippen LogP contribution in [0.15, 0.2) is 12.2 Å². The minimum atomic E-state index is -0.460. The monoisotopic (exact) mass is 282 g/mol. The molecule has 1 aliphatic rings. The molecule has 2 atom stereocenters. The van der Waals surface area contributed by atoms with Crippen molar-refractivity contribution in [3.05, 3.63) is 12.2 Å². The zero-order valence-corrected chi connectivity index (χ0v) is 13.0. The van der Waals surface area contributed by atoms with Gasteiger partial charge in [-0.05, 0) is 45.4 Å². The number of hydrogen-bond acceptors (Lipinski definition) is 4. The molecular weight excluding hydrogens is 256 g/mol. The van der Waals surface area contributed by atoms with Crippen LogP contribution < -0.4 is 0 Å². The average Bonchev–Trinajstić information content (AvgIpc) is 2.31. The van der Waals surface area contributed by atoms with Gasteiger partial charge in [0.25, 0.3) is 0 Å². The highest BCUT2D eigenvalue weighted by atomic mass is 16.6. The first-order valence-corrected chi connectivity index (χ1v) is 7.20. The molecule has 0 amide bonds. The van der Waals surface area contributed by atoms with Crippen molar-refractivity contribution in [2.24, 2.45) is 11.8 Å². The van der Waals surface area contributed by atoms with Crippen LogP contribution in [0.2, 0.25) is 0 Å². The minimum Gasteiger partial charge on any atom is -0.469 e. The lowest BCUT2D eigenvalue weighted by molar-refractivity contribution is -0.155. The number of allylic oxidation sites excluding steroid dienone is 1. The van der Waals surface area contributed by atoms with Crippen LogP contribution >= 0.6 is 0 Å². The number of methoxy groups -OCH3 is 1. The third kappa shape index (κ3) is 5.35. The highest BCUT2D eigenvalue weighted by molar-refractivity contribution is 5.71. The molecule has 4 nitrogen and oxygen atoms in total. The normalized spacial score (nSPS) is 23.3. The lowest BCUT2D eigenvalue weighted by atomic mass is 9.75. The van der Waals surface area contributed by atoms with Crippen molar-refractivity contribution >= 4 is 11.9 Å². The van der Waals surface area contributed by atoms with Gasteiger partial charge >= 0.3 is 11.9 Å². The van der Waals surface area contributed by atoms with Crippen molar-refractivity contribution < 1.29 is 19.1 Å². The van der Waals surface area contributed by atoms with E-state index in [1.807, 2.05) is 20.8 Å². The van der Waals surface area contributed by atoms with Crippen LogP contribution in [0.4, 0.5) is 0 Å². The van der Waals surface area contributed by atoms with E-state index in [0.29, 0.717) is 12.8 Å². The molecule has 0 aromatic carbocycles. The zero-order chi connectivity index (χ0) is 15.3. The van der Waals surface area contributed by atoms with Crippen molar-refractivity contribution in [1.82, 2.24) is 0 Å². The van der Waals surface area contributed by atoms with Gasteiger partial charge in [0.15, 0.2) is 0 Å². The fraction of sp³-hybridized carbons (Fsp3) is 0.750. The smallest absolute Gasteiger partial charge is 0.306 e. The van der Waals surface area contributed by atoms with E-state index < -0.39 is 5.60 Å². The van der Waals surface area contributed by atoms with Crippen molar-refractivity contribution in [3.63, 3.8) is 0 Å². The van der Waals surface area contributed by atoms with Crippen molar-refractivity contribution in [2.45, 2.75) is 58.5 Å². The largest absolute Gasteiger partial charge is 0.469 e. The van der Waals surface area contributed by atoms with Gasteiger partial charge < -0.3 is 9.47 Å². The maximum Gasteiger partial charge on any atom is 0.306 e. The maximum atomic E-state index is 11.9. The molecule has 0 aromatic heterocycles. The standard InChI is InChI=1S/C16H26O4/c1-11-12(9-14(17)19-5)7-6-8-13(11)10-15(18)20-16(2,3)4/h12-13H,1,6-10H2,2-5H3. The van der Waals surface area contributed by atoms with Crippen LogP contribution in [0.25, 0.3) is 0 Å². The molecular formula is C16H26O4. The Hall–Kier alpha value is -1.32. The van der Waals surface area contributed by atoms with E-state index in [9.17, 15) is 9.59 Å². The number of carbonyl (C=O) groups is 2. The predicted octanol–water partition coefficient (Wildman–Crippen LogP) is 3.25. The van der Waals surface area contributed by atoms with Gasteiger partial charge in [0.2, 0.25) is 0 Å². The Kier molecular flexibility index (Phi) is 5.78. The van der Waals surface area contributed by atoms with Crippen LogP contribution in [0.1, 0.15) is 52.9 Å². The summed E-state index contributed by atoms with van der Waals surface area (Å²) in [5.74, 6) is -0.159. The Morgan fingerprint density at radius 3 is 2.10 bits per heavy atom. The lowest BCUT2D eigenvalue weighted by Gasteiger charge is -2.31. The Balaban J connectivity index is 2.56. The number of hydrogen-bond donors (Lipinski definition) is 0. The van der Waals surface area contributed by atoms with Crippen LogP contribution in [0, 0.1) is 11.8 Å². The van der Waals surface area contributed by atoms with Crippen molar-refractivity contribution in [2.75, 3.05) is 7.11 Å². The first kappa shape index (κ1) is 16.7. The number of esters is 2. The van der Waals surface area contributed by atoms with Crippen molar-refractivity contribution in [3.8, 4) is 0 Å². The Labute approximate surface area is 121 Å². The summed E-state index contributed by atoms with van der Waals surface area (Å²) in [6.07, 6.45) is 3.61. The van der Waals surface area contributed by atoms with Crippen LogP contribution in [-0.2, 0) is 19.1 Å². The van der Waals surface area contributed by atoms with Gasteiger partial charge in [0.1, 0.15) is 5.60 Å². The maximum absolute atomic E-state index is 11.9. The predicted molar refractivity (Wildman–Crippen MR) is 77.1 cm³/mol. The highest BCUT2D eigenvalue weighted by Crippen LogP contribution is 2.37. The first-order valence-electron chi connectivity index (χ1n) is 7.20. The Morgan fingerprint density at radius 1 is 1.15 bits per heavy atom. The summed E-state index contributed by atoms with van der Waals surface area (Å²) in [5.41, 5.74) is 0.533. The molecule has 20 heavy (non-hydrogen) atoms. The molecule has 0 heterocycles. The molecule has 1 saturated carbocycles. The van der Waals surface area contributed by atoms with Gasteiger partial charge in [-0.25, -0.2) is 0 Å². The van der Waals surface area contributed by atoms with Gasteiger partial charge in [0, 0.05) is 0 Å².